The summed E-state index contributed by atoms with van der Waals surface area (Å²) in [5.74, 6) is -3.96. The van der Waals surface area contributed by atoms with Gasteiger partial charge in [0.1, 0.15) is 3.23 Å². The molecule has 0 aromatic carbocycles. The number of alkyl halides is 8. The Balaban J connectivity index is 3.29. The van der Waals surface area contributed by atoms with Crippen LogP contribution in [-0.2, 0) is 4.79 Å². The molecule has 0 bridgehead atoms. The molecule has 0 spiro atoms. The Morgan fingerprint density at radius 1 is 1.11 bits per heavy atom. The van der Waals surface area contributed by atoms with Crippen molar-refractivity contribution in [2.75, 3.05) is 0 Å². The first-order valence-corrected chi connectivity index (χ1v) is 6.11. The minimum absolute atomic E-state index is 0.287. The Hall–Kier alpha value is 0.170. The van der Waals surface area contributed by atoms with E-state index in [1.54, 1.807) is 0 Å². The van der Waals surface area contributed by atoms with Crippen molar-refractivity contribution in [3.8, 4) is 0 Å². The average Bonchev–Trinajstić information content (AvgIpc) is 2.38. The molecule has 0 aromatic heterocycles. The van der Waals surface area contributed by atoms with E-state index in [9.17, 15) is 31.1 Å². The van der Waals surface area contributed by atoms with Gasteiger partial charge in [-0.3, -0.25) is 4.79 Å². The lowest BCUT2D eigenvalue weighted by atomic mass is 9.84. The SMILES string of the molecule is O=C1C(C(O)(C(F)(F)F)C(F)(F)F)CCC1(Br)Br. The van der Waals surface area contributed by atoms with Crippen molar-refractivity contribution >= 4 is 37.6 Å². The van der Waals surface area contributed by atoms with Crippen molar-refractivity contribution in [3.63, 3.8) is 0 Å². The van der Waals surface area contributed by atoms with Crippen LogP contribution in [0.4, 0.5) is 26.3 Å². The van der Waals surface area contributed by atoms with E-state index in [4.69, 9.17) is 5.11 Å². The molecule has 0 radical (unpaired) electrons. The molecule has 1 saturated carbocycles. The first-order valence-electron chi connectivity index (χ1n) is 4.53. The van der Waals surface area contributed by atoms with Crippen molar-refractivity contribution in [2.24, 2.45) is 5.92 Å². The minimum Gasteiger partial charge on any atom is -0.373 e. The topological polar surface area (TPSA) is 37.3 Å². The Morgan fingerprint density at radius 2 is 1.50 bits per heavy atom. The molecule has 1 unspecified atom stereocenters. The van der Waals surface area contributed by atoms with Crippen molar-refractivity contribution < 1.29 is 36.2 Å². The predicted molar refractivity (Wildman–Crippen MR) is 55.4 cm³/mol. The van der Waals surface area contributed by atoms with Crippen molar-refractivity contribution in [1.29, 1.82) is 0 Å². The van der Waals surface area contributed by atoms with E-state index in [-0.39, 0.29) is 6.42 Å². The Kier molecular flexibility index (Phi) is 3.91. The highest BCUT2D eigenvalue weighted by Gasteiger charge is 2.76. The third-order valence-corrected chi connectivity index (χ3v) is 4.37. The zero-order chi connectivity index (χ0) is 14.6. The molecule has 0 amide bonds. The molecular formula is C8H6Br2F6O2. The second kappa shape index (κ2) is 4.34. The highest BCUT2D eigenvalue weighted by atomic mass is 79.9. The maximum absolute atomic E-state index is 12.5. The average molecular weight is 408 g/mol. The smallest absolute Gasteiger partial charge is 0.373 e. The summed E-state index contributed by atoms with van der Waals surface area (Å²) in [6.45, 7) is 0. The van der Waals surface area contributed by atoms with Crippen LogP contribution in [0.5, 0.6) is 0 Å². The zero-order valence-electron chi connectivity index (χ0n) is 8.37. The first kappa shape index (κ1) is 16.2. The molecule has 1 aliphatic carbocycles. The number of carbonyl (C=O) groups is 1. The second-order valence-electron chi connectivity index (χ2n) is 3.92. The summed E-state index contributed by atoms with van der Waals surface area (Å²) >= 11 is 5.39. The maximum Gasteiger partial charge on any atom is 0.427 e. The van der Waals surface area contributed by atoms with E-state index in [1.807, 2.05) is 0 Å². The number of ketones is 1. The van der Waals surface area contributed by atoms with Crippen LogP contribution in [0, 0.1) is 5.92 Å². The number of rotatable bonds is 1. The van der Waals surface area contributed by atoms with E-state index < -0.39 is 39.3 Å². The monoisotopic (exact) mass is 406 g/mol. The quantitative estimate of drug-likeness (QED) is 0.535. The molecule has 10 heteroatoms. The summed E-state index contributed by atoms with van der Waals surface area (Å²) in [7, 11) is 0. The van der Waals surface area contributed by atoms with E-state index in [0.29, 0.717) is 0 Å². The lowest BCUT2D eigenvalue weighted by Crippen LogP contribution is -2.63. The van der Waals surface area contributed by atoms with E-state index in [0.717, 1.165) is 0 Å². The van der Waals surface area contributed by atoms with Crippen LogP contribution in [-0.4, -0.2) is 32.1 Å². The van der Waals surface area contributed by atoms with Crippen LogP contribution in [0.2, 0.25) is 0 Å². The van der Waals surface area contributed by atoms with Crippen LogP contribution in [0.25, 0.3) is 0 Å². The van der Waals surface area contributed by atoms with E-state index in [1.165, 1.54) is 0 Å². The molecule has 1 atom stereocenters. The highest BCUT2D eigenvalue weighted by Crippen LogP contribution is 2.55. The summed E-state index contributed by atoms with van der Waals surface area (Å²) in [5, 5.41) is 9.07. The van der Waals surface area contributed by atoms with Gasteiger partial charge in [0.25, 0.3) is 5.60 Å². The highest BCUT2D eigenvalue weighted by molar-refractivity contribution is 9.25. The van der Waals surface area contributed by atoms with Gasteiger partial charge >= 0.3 is 12.4 Å². The molecule has 0 saturated heterocycles. The summed E-state index contributed by atoms with van der Waals surface area (Å²) < 4.78 is 73.5. The van der Waals surface area contributed by atoms with Crippen LogP contribution < -0.4 is 0 Å². The van der Waals surface area contributed by atoms with Gasteiger partial charge in [-0.1, -0.05) is 31.9 Å². The molecule has 0 heterocycles. The third-order valence-electron chi connectivity index (χ3n) is 2.79. The Morgan fingerprint density at radius 3 is 1.72 bits per heavy atom. The predicted octanol–water partition coefficient (Wildman–Crippen LogP) is 3.31. The number of hydrogen-bond acceptors (Lipinski definition) is 2. The van der Waals surface area contributed by atoms with Crippen molar-refractivity contribution in [2.45, 2.75) is 34.0 Å². The molecule has 1 N–H and O–H groups in total. The van der Waals surface area contributed by atoms with Gasteiger partial charge in [0.15, 0.2) is 5.78 Å². The number of halogens is 8. The molecule has 18 heavy (non-hydrogen) atoms. The summed E-state index contributed by atoms with van der Waals surface area (Å²) in [4.78, 5) is 11.5. The van der Waals surface area contributed by atoms with E-state index in [2.05, 4.69) is 31.9 Å². The number of carbonyl (C=O) groups excluding carboxylic acids is 1. The Labute approximate surface area is 114 Å². The van der Waals surface area contributed by atoms with Gasteiger partial charge in [0.05, 0.1) is 5.92 Å². The maximum atomic E-state index is 12.5. The normalized spacial score (nSPS) is 25.6. The van der Waals surface area contributed by atoms with Crippen molar-refractivity contribution in [3.05, 3.63) is 0 Å². The number of Topliss-reactive ketones (excluding diaryl/α,β-unsaturated/α-hetero) is 1. The largest absolute Gasteiger partial charge is 0.427 e. The summed E-state index contributed by atoms with van der Waals surface area (Å²) in [6, 6.07) is 0. The van der Waals surface area contributed by atoms with Gasteiger partial charge in [-0.05, 0) is 12.8 Å². The van der Waals surface area contributed by atoms with Gasteiger partial charge in [0.2, 0.25) is 0 Å². The lowest BCUT2D eigenvalue weighted by Gasteiger charge is -2.36. The van der Waals surface area contributed by atoms with Crippen LogP contribution in [0.1, 0.15) is 12.8 Å². The van der Waals surface area contributed by atoms with Gasteiger partial charge < -0.3 is 5.11 Å². The fourth-order valence-electron chi connectivity index (χ4n) is 1.79. The van der Waals surface area contributed by atoms with Gasteiger partial charge in [-0.25, -0.2) is 0 Å². The molecule has 1 rings (SSSR count). The third kappa shape index (κ3) is 2.31. The summed E-state index contributed by atoms with van der Waals surface area (Å²) in [5.41, 5.74) is -5.03. The molecule has 2 nitrogen and oxygen atoms in total. The Bertz CT molecular complexity index is 348. The molecular weight excluding hydrogens is 402 g/mol. The first-order chi connectivity index (χ1) is 7.75. The molecule has 0 aromatic rings. The summed E-state index contributed by atoms with van der Waals surface area (Å²) in [6.07, 6.45) is -13.0. The zero-order valence-corrected chi connectivity index (χ0v) is 11.5. The van der Waals surface area contributed by atoms with Gasteiger partial charge in [-0.15, -0.1) is 0 Å². The number of aliphatic hydroxyl groups is 1. The molecule has 1 fully saturated rings. The minimum atomic E-state index is -5.98. The standard InChI is InChI=1S/C8H6Br2F6O2/c9-5(10)2-1-3(4(5)17)6(18,7(11,12)13)8(14,15)16/h3,18H,1-2H2. The van der Waals surface area contributed by atoms with Crippen LogP contribution >= 0.6 is 31.9 Å². The van der Waals surface area contributed by atoms with Crippen molar-refractivity contribution in [1.82, 2.24) is 0 Å². The molecule has 106 valence electrons. The van der Waals surface area contributed by atoms with Gasteiger partial charge in [-0.2, -0.15) is 26.3 Å². The van der Waals surface area contributed by atoms with Crippen LogP contribution in [0.3, 0.4) is 0 Å². The fourth-order valence-corrected chi connectivity index (χ4v) is 2.80. The number of hydrogen-bond donors (Lipinski definition) is 1. The van der Waals surface area contributed by atoms with Crippen LogP contribution in [0.15, 0.2) is 0 Å². The molecule has 0 aliphatic heterocycles. The molecule has 1 aliphatic rings. The second-order valence-corrected chi connectivity index (χ2v) is 7.69. The fraction of sp³-hybridized carbons (Fsp3) is 0.875. The van der Waals surface area contributed by atoms with Gasteiger partial charge in [0, 0.05) is 0 Å². The van der Waals surface area contributed by atoms with E-state index >= 15 is 0 Å². The lowest BCUT2D eigenvalue weighted by molar-refractivity contribution is -0.380.